The van der Waals surface area contributed by atoms with Crippen molar-refractivity contribution in [1.29, 1.82) is 0 Å². The summed E-state index contributed by atoms with van der Waals surface area (Å²) in [5.41, 5.74) is 4.87. The first-order chi connectivity index (χ1) is 36.1. The van der Waals surface area contributed by atoms with Gasteiger partial charge in [0.05, 0.1) is 38.6 Å². The third-order valence-corrected chi connectivity index (χ3v) is 13.3. The monoisotopic (exact) mass is 999 g/mol. The number of carbonyl (C=O) groups is 1. The van der Waals surface area contributed by atoms with Gasteiger partial charge in [-0.25, -0.2) is 24.7 Å². The summed E-state index contributed by atoms with van der Waals surface area (Å²) in [6.07, 6.45) is 40.0. The molecule has 0 bridgehead atoms. The van der Waals surface area contributed by atoms with Gasteiger partial charge in [-0.15, -0.1) is 0 Å². The molecule has 0 unspecified atom stereocenters. The van der Waals surface area contributed by atoms with Gasteiger partial charge in [-0.1, -0.05) is 117 Å². The van der Waals surface area contributed by atoms with Gasteiger partial charge in [0.25, 0.3) is 0 Å². The van der Waals surface area contributed by atoms with Crippen molar-refractivity contribution < 1.29 is 28.5 Å². The molecule has 10 nitrogen and oxygen atoms in total. The maximum atomic E-state index is 13.1. The number of aromatic nitrogens is 4. The minimum Gasteiger partial charge on any atom is -0.494 e. The van der Waals surface area contributed by atoms with Crippen molar-refractivity contribution in [2.75, 3.05) is 33.0 Å². The maximum Gasteiger partial charge on any atom is 0.338 e. The molecule has 0 aliphatic rings. The molecule has 0 N–H and O–H groups in total. The quantitative estimate of drug-likeness (QED) is 0.0276. The van der Waals surface area contributed by atoms with Gasteiger partial charge in [-0.05, 0) is 161 Å². The summed E-state index contributed by atoms with van der Waals surface area (Å²) in [6, 6.07) is 21.5. The first-order valence-corrected chi connectivity index (χ1v) is 28.7. The van der Waals surface area contributed by atoms with Crippen molar-refractivity contribution in [3.63, 3.8) is 0 Å². The predicted octanol–water partition coefficient (Wildman–Crippen LogP) is 17.0. The molecule has 398 valence electrons. The summed E-state index contributed by atoms with van der Waals surface area (Å²) in [6.45, 7) is 9.56. The molecule has 0 fully saturated rings. The molecule has 0 radical (unpaired) electrons. The molecule has 2 heterocycles. The summed E-state index contributed by atoms with van der Waals surface area (Å²) >= 11 is 0. The molecule has 5 rings (SSSR count). The molecule has 3 aromatic carbocycles. The average molecular weight is 999 g/mol. The zero-order chi connectivity index (χ0) is 51.2. The molecule has 0 atom stereocenters. The zero-order valence-corrected chi connectivity index (χ0v) is 45.2. The van der Waals surface area contributed by atoms with E-state index < -0.39 is 0 Å². The number of ether oxygens (including phenoxy) is 5. The van der Waals surface area contributed by atoms with Crippen LogP contribution in [0.5, 0.6) is 23.0 Å². The third-order valence-electron chi connectivity index (χ3n) is 13.3. The summed E-state index contributed by atoms with van der Waals surface area (Å²) in [5, 5.41) is 0. The van der Waals surface area contributed by atoms with Crippen molar-refractivity contribution in [1.82, 2.24) is 19.9 Å². The van der Waals surface area contributed by atoms with Gasteiger partial charge in [-0.2, -0.15) is 0 Å². The topological polar surface area (TPSA) is 115 Å². The van der Waals surface area contributed by atoms with E-state index in [0.717, 1.165) is 111 Å². The Labute approximate surface area is 440 Å². The first-order valence-electron chi connectivity index (χ1n) is 28.7. The predicted molar refractivity (Wildman–Crippen MR) is 298 cm³/mol. The third kappa shape index (κ3) is 24.4. The number of esters is 1. The van der Waals surface area contributed by atoms with E-state index in [1.165, 1.54) is 114 Å². The lowest BCUT2D eigenvalue weighted by Gasteiger charge is -2.14. The molecule has 5 aromatic rings. The van der Waals surface area contributed by atoms with E-state index in [-0.39, 0.29) is 5.97 Å². The summed E-state index contributed by atoms with van der Waals surface area (Å²) in [4.78, 5) is 31.6. The normalized spacial score (nSPS) is 11.2. The van der Waals surface area contributed by atoms with Crippen molar-refractivity contribution in [2.24, 2.45) is 0 Å². The Morgan fingerprint density at radius 2 is 0.726 bits per heavy atom. The van der Waals surface area contributed by atoms with Gasteiger partial charge >= 0.3 is 5.97 Å². The van der Waals surface area contributed by atoms with Crippen LogP contribution in [-0.4, -0.2) is 58.9 Å². The highest BCUT2D eigenvalue weighted by Gasteiger charge is 2.14. The standard InChI is InChI=1S/C63H90N4O6/c1-4-7-10-13-14-15-18-29-46-73-63(68)56-36-41-59(71-44-27-21-19-25-42-69-57-37-32-54(33-38-57)61-64-48-52(49-65-61)30-23-16-11-8-5-2)60(47-56)72-45-28-22-20-26-43-70-58-39-34-55(35-40-58)62-66-50-53(51-67-62)31-24-17-12-9-6-3/h32-41,47-51H,4-31,42-46H2,1-3H3. The van der Waals surface area contributed by atoms with E-state index >= 15 is 0 Å². The first kappa shape index (κ1) is 58.4. The van der Waals surface area contributed by atoms with Crippen LogP contribution in [-0.2, 0) is 17.6 Å². The second-order valence-corrected chi connectivity index (χ2v) is 19.7. The molecule has 10 heteroatoms. The summed E-state index contributed by atoms with van der Waals surface area (Å²) in [7, 11) is 0. The van der Waals surface area contributed by atoms with Gasteiger partial charge in [0.1, 0.15) is 11.5 Å². The van der Waals surface area contributed by atoms with Crippen LogP contribution < -0.4 is 18.9 Å². The Morgan fingerprint density at radius 3 is 1.15 bits per heavy atom. The van der Waals surface area contributed by atoms with E-state index in [9.17, 15) is 4.79 Å². The van der Waals surface area contributed by atoms with E-state index in [2.05, 4.69) is 40.7 Å². The number of rotatable bonds is 42. The highest BCUT2D eigenvalue weighted by atomic mass is 16.5. The molecular weight excluding hydrogens is 909 g/mol. The zero-order valence-electron chi connectivity index (χ0n) is 45.2. The lowest BCUT2D eigenvalue weighted by atomic mass is 10.1. The van der Waals surface area contributed by atoms with Crippen molar-refractivity contribution in [2.45, 2.75) is 201 Å². The Kier molecular flexibility index (Phi) is 29.8. The molecule has 0 saturated heterocycles. The van der Waals surface area contributed by atoms with Gasteiger partial charge < -0.3 is 23.7 Å². The average Bonchev–Trinajstić information content (AvgIpc) is 3.42. The van der Waals surface area contributed by atoms with Gasteiger partial charge in [0.2, 0.25) is 0 Å². The second-order valence-electron chi connectivity index (χ2n) is 19.7. The number of hydrogen-bond acceptors (Lipinski definition) is 10. The van der Waals surface area contributed by atoms with Crippen molar-refractivity contribution in [3.8, 4) is 45.8 Å². The molecule has 0 spiro atoms. The Balaban J connectivity index is 0.979. The number of hydrogen-bond donors (Lipinski definition) is 0. The fourth-order valence-corrected chi connectivity index (χ4v) is 8.74. The van der Waals surface area contributed by atoms with Crippen molar-refractivity contribution in [3.05, 3.63) is 108 Å². The van der Waals surface area contributed by atoms with E-state index in [0.29, 0.717) is 50.1 Å². The molecule has 0 aliphatic carbocycles. The number of nitrogens with zero attached hydrogens (tertiary/aromatic N) is 4. The van der Waals surface area contributed by atoms with Crippen LogP contribution in [0.3, 0.4) is 0 Å². The van der Waals surface area contributed by atoms with Crippen LogP contribution in [0.15, 0.2) is 91.5 Å². The van der Waals surface area contributed by atoms with Gasteiger partial charge in [-0.3, -0.25) is 0 Å². The Bertz CT molecular complexity index is 2170. The van der Waals surface area contributed by atoms with Crippen LogP contribution >= 0.6 is 0 Å². The van der Waals surface area contributed by atoms with E-state index in [1.54, 1.807) is 12.1 Å². The minimum atomic E-state index is -0.319. The maximum absolute atomic E-state index is 13.1. The van der Waals surface area contributed by atoms with Crippen LogP contribution in [0.2, 0.25) is 0 Å². The molecule has 0 aliphatic heterocycles. The molecule has 0 saturated carbocycles. The van der Waals surface area contributed by atoms with Gasteiger partial charge in [0, 0.05) is 35.9 Å². The Morgan fingerprint density at radius 1 is 0.370 bits per heavy atom. The Hall–Kier alpha value is -5.51. The smallest absolute Gasteiger partial charge is 0.338 e. The number of carbonyl (C=O) groups excluding carboxylic acids is 1. The number of unbranched alkanes of at least 4 members (excludes halogenated alkanes) is 21. The second kappa shape index (κ2) is 37.3. The van der Waals surface area contributed by atoms with Crippen LogP contribution in [0.25, 0.3) is 22.8 Å². The highest BCUT2D eigenvalue weighted by molar-refractivity contribution is 5.90. The highest BCUT2D eigenvalue weighted by Crippen LogP contribution is 2.30. The molecule has 73 heavy (non-hydrogen) atoms. The summed E-state index contributed by atoms with van der Waals surface area (Å²) < 4.78 is 30.4. The lowest BCUT2D eigenvalue weighted by molar-refractivity contribution is 0.0497. The number of aryl methyl sites for hydroxylation is 2. The van der Waals surface area contributed by atoms with E-state index in [4.69, 9.17) is 23.7 Å². The minimum absolute atomic E-state index is 0.319. The van der Waals surface area contributed by atoms with E-state index in [1.807, 2.05) is 79.4 Å². The lowest BCUT2D eigenvalue weighted by Crippen LogP contribution is -2.08. The largest absolute Gasteiger partial charge is 0.494 e. The SMILES string of the molecule is CCCCCCCCCCOC(=O)c1ccc(OCCCCCCOc2ccc(-c3ncc(CCCCCCC)cn3)cc2)c(OCCCCCCOc2ccc(-c3ncc(CCCCCCC)cn3)cc2)c1. The fourth-order valence-electron chi connectivity index (χ4n) is 8.74. The molecule has 0 amide bonds. The van der Waals surface area contributed by atoms with Gasteiger partial charge in [0.15, 0.2) is 23.1 Å². The van der Waals surface area contributed by atoms with Crippen LogP contribution in [0, 0.1) is 0 Å². The molecule has 2 aromatic heterocycles. The van der Waals surface area contributed by atoms with Crippen LogP contribution in [0.1, 0.15) is 209 Å². The van der Waals surface area contributed by atoms with Crippen LogP contribution in [0.4, 0.5) is 0 Å². The summed E-state index contributed by atoms with van der Waals surface area (Å²) in [5.74, 6) is 4.11. The number of benzene rings is 3. The fraction of sp³-hybridized carbons (Fsp3) is 0.571. The molecular formula is C63H90N4O6. The van der Waals surface area contributed by atoms with Crippen molar-refractivity contribution >= 4 is 5.97 Å².